The van der Waals surface area contributed by atoms with Crippen LogP contribution in [-0.4, -0.2) is 15.2 Å². The molecule has 1 aromatic carbocycles. The maximum absolute atomic E-state index is 12.0. The van der Waals surface area contributed by atoms with E-state index in [0.29, 0.717) is 30.2 Å². The highest BCUT2D eigenvalue weighted by molar-refractivity contribution is 5.78. The predicted molar refractivity (Wildman–Crippen MR) is 71.1 cm³/mol. The summed E-state index contributed by atoms with van der Waals surface area (Å²) in [6, 6.07) is 9.53. The van der Waals surface area contributed by atoms with Crippen LogP contribution in [0.15, 0.2) is 39.5 Å². The number of aromatic amines is 1. The highest BCUT2D eigenvalue weighted by atomic mass is 16.4. The third-order valence-electron chi connectivity index (χ3n) is 2.98. The molecule has 0 aliphatic rings. The molecule has 3 rings (SSSR count). The maximum Gasteiger partial charge on any atom is 0.252 e. The summed E-state index contributed by atoms with van der Waals surface area (Å²) in [6.45, 7) is 1.94. The molecule has 0 radical (unpaired) electrons. The van der Waals surface area contributed by atoms with E-state index in [4.69, 9.17) is 4.42 Å². The molecule has 0 saturated heterocycles. The van der Waals surface area contributed by atoms with Gasteiger partial charge in [0.15, 0.2) is 0 Å². The van der Waals surface area contributed by atoms with Gasteiger partial charge in [-0.1, -0.05) is 25.1 Å². The molecule has 5 heteroatoms. The van der Waals surface area contributed by atoms with Gasteiger partial charge >= 0.3 is 0 Å². The predicted octanol–water partition coefficient (Wildman–Crippen LogP) is 2.06. The van der Waals surface area contributed by atoms with E-state index >= 15 is 0 Å². The van der Waals surface area contributed by atoms with Crippen LogP contribution in [0.2, 0.25) is 0 Å². The Bertz CT molecular complexity index is 773. The van der Waals surface area contributed by atoms with Crippen molar-refractivity contribution in [3.63, 3.8) is 0 Å². The summed E-state index contributed by atoms with van der Waals surface area (Å²) < 4.78 is 5.43. The molecule has 0 atom stereocenters. The first-order valence-electron chi connectivity index (χ1n) is 6.18. The van der Waals surface area contributed by atoms with Crippen molar-refractivity contribution in [2.75, 3.05) is 0 Å². The number of benzene rings is 1. The smallest absolute Gasteiger partial charge is 0.252 e. The number of hydrogen-bond acceptors (Lipinski definition) is 4. The van der Waals surface area contributed by atoms with Crippen LogP contribution in [0.25, 0.3) is 10.9 Å². The second-order valence-electron chi connectivity index (χ2n) is 4.33. The summed E-state index contributed by atoms with van der Waals surface area (Å²) in [5, 5.41) is 8.82. The molecule has 0 aliphatic heterocycles. The summed E-state index contributed by atoms with van der Waals surface area (Å²) in [5.41, 5.74) is 1.34. The van der Waals surface area contributed by atoms with Crippen LogP contribution in [0.5, 0.6) is 0 Å². The molecule has 3 aromatic rings. The van der Waals surface area contributed by atoms with E-state index in [1.165, 1.54) is 0 Å². The van der Waals surface area contributed by atoms with Crippen LogP contribution in [0.4, 0.5) is 0 Å². The van der Waals surface area contributed by atoms with Gasteiger partial charge in [0.25, 0.3) is 5.56 Å². The Labute approximate surface area is 109 Å². The van der Waals surface area contributed by atoms with Crippen molar-refractivity contribution in [1.82, 2.24) is 15.2 Å². The molecular weight excluding hydrogens is 242 g/mol. The Morgan fingerprint density at radius 2 is 2.00 bits per heavy atom. The molecule has 2 aromatic heterocycles. The van der Waals surface area contributed by atoms with Gasteiger partial charge in [-0.3, -0.25) is 4.79 Å². The van der Waals surface area contributed by atoms with Crippen molar-refractivity contribution < 1.29 is 4.42 Å². The second kappa shape index (κ2) is 4.68. The van der Waals surface area contributed by atoms with Gasteiger partial charge in [0.05, 0.1) is 6.42 Å². The van der Waals surface area contributed by atoms with E-state index in [-0.39, 0.29) is 5.56 Å². The van der Waals surface area contributed by atoms with Crippen molar-refractivity contribution in [2.24, 2.45) is 0 Å². The van der Waals surface area contributed by atoms with Gasteiger partial charge in [-0.15, -0.1) is 10.2 Å². The van der Waals surface area contributed by atoms with Crippen LogP contribution >= 0.6 is 0 Å². The highest BCUT2D eigenvalue weighted by Gasteiger charge is 2.09. The van der Waals surface area contributed by atoms with Crippen molar-refractivity contribution in [1.29, 1.82) is 0 Å². The lowest BCUT2D eigenvalue weighted by atomic mass is 10.1. The standard InChI is InChI=1S/C14H13N3O2/c1-2-12-16-17-13(19-12)8-10-7-9-5-3-4-6-11(9)15-14(10)18/h3-7H,2,8H2,1H3,(H,15,18). The number of para-hydroxylation sites is 1. The Balaban J connectivity index is 2.00. The fourth-order valence-corrected chi connectivity index (χ4v) is 1.99. The van der Waals surface area contributed by atoms with E-state index in [9.17, 15) is 4.79 Å². The molecule has 1 N–H and O–H groups in total. The normalized spacial score (nSPS) is 11.0. The number of fused-ring (bicyclic) bond motifs is 1. The average Bonchev–Trinajstić information content (AvgIpc) is 2.87. The number of nitrogens with one attached hydrogen (secondary N) is 1. The van der Waals surface area contributed by atoms with Gasteiger partial charge in [-0.25, -0.2) is 0 Å². The Hall–Kier alpha value is -2.43. The number of aromatic nitrogens is 3. The largest absolute Gasteiger partial charge is 0.425 e. The topological polar surface area (TPSA) is 71.8 Å². The van der Waals surface area contributed by atoms with Crippen LogP contribution in [-0.2, 0) is 12.8 Å². The molecule has 19 heavy (non-hydrogen) atoms. The molecule has 0 saturated carbocycles. The number of nitrogens with zero attached hydrogens (tertiary/aromatic N) is 2. The Kier molecular flexibility index (Phi) is 2.87. The van der Waals surface area contributed by atoms with E-state index < -0.39 is 0 Å². The monoisotopic (exact) mass is 255 g/mol. The summed E-state index contributed by atoms with van der Waals surface area (Å²) in [5.74, 6) is 1.06. The van der Waals surface area contributed by atoms with E-state index in [1.807, 2.05) is 37.3 Å². The van der Waals surface area contributed by atoms with Crippen molar-refractivity contribution >= 4 is 10.9 Å². The van der Waals surface area contributed by atoms with Crippen molar-refractivity contribution in [3.8, 4) is 0 Å². The number of aryl methyl sites for hydroxylation is 1. The zero-order chi connectivity index (χ0) is 13.2. The lowest BCUT2D eigenvalue weighted by Gasteiger charge is -2.00. The third-order valence-corrected chi connectivity index (χ3v) is 2.98. The molecule has 2 heterocycles. The third kappa shape index (κ3) is 2.27. The van der Waals surface area contributed by atoms with E-state index in [0.717, 1.165) is 10.9 Å². The highest BCUT2D eigenvalue weighted by Crippen LogP contribution is 2.12. The lowest BCUT2D eigenvalue weighted by Crippen LogP contribution is -2.12. The van der Waals surface area contributed by atoms with Crippen LogP contribution in [0.3, 0.4) is 0 Å². The number of rotatable bonds is 3. The Morgan fingerprint density at radius 1 is 1.21 bits per heavy atom. The summed E-state index contributed by atoms with van der Waals surface area (Å²) in [7, 11) is 0. The molecule has 0 fully saturated rings. The van der Waals surface area contributed by atoms with Crippen LogP contribution in [0.1, 0.15) is 24.3 Å². The fourth-order valence-electron chi connectivity index (χ4n) is 1.99. The second-order valence-corrected chi connectivity index (χ2v) is 4.33. The molecule has 0 unspecified atom stereocenters. The van der Waals surface area contributed by atoms with Gasteiger partial charge in [0, 0.05) is 17.5 Å². The fraction of sp³-hybridized carbons (Fsp3) is 0.214. The van der Waals surface area contributed by atoms with E-state index in [2.05, 4.69) is 15.2 Å². The first-order chi connectivity index (χ1) is 9.26. The zero-order valence-electron chi connectivity index (χ0n) is 10.5. The quantitative estimate of drug-likeness (QED) is 0.777. The van der Waals surface area contributed by atoms with Gasteiger partial charge in [-0.2, -0.15) is 0 Å². The minimum absolute atomic E-state index is 0.116. The van der Waals surface area contributed by atoms with Gasteiger partial charge < -0.3 is 9.40 Å². The van der Waals surface area contributed by atoms with Crippen molar-refractivity contribution in [2.45, 2.75) is 19.8 Å². The first kappa shape index (κ1) is 11.6. The summed E-state index contributed by atoms with van der Waals surface area (Å²) in [6.07, 6.45) is 1.05. The molecule has 0 bridgehead atoms. The number of hydrogen-bond donors (Lipinski definition) is 1. The minimum Gasteiger partial charge on any atom is -0.425 e. The average molecular weight is 255 g/mol. The number of pyridine rings is 1. The van der Waals surface area contributed by atoms with Gasteiger partial charge in [0.2, 0.25) is 11.8 Å². The summed E-state index contributed by atoms with van der Waals surface area (Å²) >= 11 is 0. The lowest BCUT2D eigenvalue weighted by molar-refractivity contribution is 0.462. The first-order valence-corrected chi connectivity index (χ1v) is 6.18. The van der Waals surface area contributed by atoms with Crippen LogP contribution in [0, 0.1) is 0 Å². The SMILES string of the molecule is CCc1nnc(Cc2cc3ccccc3[nH]c2=O)o1. The molecule has 5 nitrogen and oxygen atoms in total. The maximum atomic E-state index is 12.0. The van der Waals surface area contributed by atoms with Gasteiger partial charge in [-0.05, 0) is 17.5 Å². The molecule has 0 spiro atoms. The molecule has 0 amide bonds. The van der Waals surface area contributed by atoms with Crippen LogP contribution < -0.4 is 5.56 Å². The Morgan fingerprint density at radius 3 is 2.79 bits per heavy atom. The van der Waals surface area contributed by atoms with Gasteiger partial charge in [0.1, 0.15) is 0 Å². The minimum atomic E-state index is -0.116. The molecule has 96 valence electrons. The zero-order valence-corrected chi connectivity index (χ0v) is 10.5. The van der Waals surface area contributed by atoms with E-state index in [1.54, 1.807) is 0 Å². The molecular formula is C14H13N3O2. The molecule has 0 aliphatic carbocycles. The summed E-state index contributed by atoms with van der Waals surface area (Å²) in [4.78, 5) is 14.8. The van der Waals surface area contributed by atoms with Crippen molar-refractivity contribution in [3.05, 3.63) is 58.0 Å². The number of H-pyrrole nitrogens is 1.